The van der Waals surface area contributed by atoms with Crippen molar-refractivity contribution in [2.45, 2.75) is 89.9 Å². The second kappa shape index (κ2) is 7.57. The highest BCUT2D eigenvalue weighted by Gasteiger charge is 2.64. The average molecular weight is 433 g/mol. The van der Waals surface area contributed by atoms with Crippen LogP contribution in [0.5, 0.6) is 0 Å². The molecule has 7 nitrogen and oxygen atoms in total. The van der Waals surface area contributed by atoms with Crippen LogP contribution in [0, 0.1) is 28.6 Å². The van der Waals surface area contributed by atoms with Gasteiger partial charge in [0.25, 0.3) is 0 Å². The van der Waals surface area contributed by atoms with Crippen molar-refractivity contribution in [2.75, 3.05) is 0 Å². The molecule has 0 aliphatic heterocycles. The lowest BCUT2D eigenvalue weighted by Crippen LogP contribution is -2.58. The lowest BCUT2D eigenvalue weighted by Gasteiger charge is -2.59. The van der Waals surface area contributed by atoms with Crippen molar-refractivity contribution in [3.63, 3.8) is 0 Å². The third-order valence-corrected chi connectivity index (χ3v) is 8.98. The number of hydrogen-bond acceptors (Lipinski definition) is 5. The summed E-state index contributed by atoms with van der Waals surface area (Å²) in [4.78, 5) is 0. The summed E-state index contributed by atoms with van der Waals surface area (Å²) in [6.45, 7) is 6.43. The van der Waals surface area contributed by atoms with Gasteiger partial charge in [0, 0.05) is 5.41 Å². The Bertz CT molecular complexity index is 755. The van der Waals surface area contributed by atoms with Crippen molar-refractivity contribution in [2.24, 2.45) is 28.6 Å². The molecule has 0 saturated heterocycles. The summed E-state index contributed by atoms with van der Waals surface area (Å²) in [7, 11) is -4.67. The average Bonchev–Trinajstić information content (AvgIpc) is 2.87. The first-order valence-electron chi connectivity index (χ1n) is 10.7. The lowest BCUT2D eigenvalue weighted by atomic mass is 9.46. The fourth-order valence-electron chi connectivity index (χ4n) is 7.38. The molecule has 0 radical (unpaired) electrons. The van der Waals surface area contributed by atoms with Crippen LogP contribution in [0.15, 0.2) is 11.6 Å². The summed E-state index contributed by atoms with van der Waals surface area (Å²) in [6, 6.07) is 0. The predicted octanol–water partition coefficient (Wildman–Crippen LogP) is 2.77. The van der Waals surface area contributed by atoms with E-state index in [4.69, 9.17) is 17.5 Å². The maximum Gasteiger partial charge on any atom is 0.394 e. The minimum Gasteiger partial charge on any atom is -0.393 e. The summed E-state index contributed by atoms with van der Waals surface area (Å²) in [5.41, 5.74) is 0.665. The monoisotopic (exact) mass is 432 g/mol. The van der Waals surface area contributed by atoms with Crippen LogP contribution in [0.25, 0.3) is 0 Å². The summed E-state index contributed by atoms with van der Waals surface area (Å²) in [6.07, 6.45) is 9.56. The normalized spacial score (nSPS) is 47.7. The van der Waals surface area contributed by atoms with Crippen LogP contribution >= 0.6 is 0 Å². The van der Waals surface area contributed by atoms with E-state index in [-0.39, 0.29) is 16.9 Å². The highest BCUT2D eigenvalue weighted by Crippen LogP contribution is 2.67. The van der Waals surface area contributed by atoms with Crippen LogP contribution in [0.1, 0.15) is 72.1 Å². The third kappa shape index (κ3) is 3.92. The van der Waals surface area contributed by atoms with Crippen LogP contribution < -0.4 is 0 Å². The number of fused-ring (bicyclic) bond motifs is 5. The zero-order chi connectivity index (χ0) is 21.8. The molecule has 3 fully saturated rings. The van der Waals surface area contributed by atoms with Crippen molar-refractivity contribution in [3.05, 3.63) is 11.6 Å². The van der Waals surface area contributed by atoms with E-state index in [2.05, 4.69) is 19.9 Å². The van der Waals surface area contributed by atoms with Crippen molar-refractivity contribution >= 4 is 10.4 Å². The zero-order valence-corrected chi connectivity index (χ0v) is 18.4. The summed E-state index contributed by atoms with van der Waals surface area (Å²) in [5, 5.41) is 31.6. The van der Waals surface area contributed by atoms with Gasteiger partial charge in [0.1, 0.15) is 0 Å². The molecule has 4 aliphatic rings. The summed E-state index contributed by atoms with van der Waals surface area (Å²) < 4.78 is 31.6. The van der Waals surface area contributed by atoms with Gasteiger partial charge in [0.15, 0.2) is 0 Å². The Labute approximate surface area is 173 Å². The van der Waals surface area contributed by atoms with E-state index in [1.807, 2.05) is 0 Å². The second-order valence-electron chi connectivity index (χ2n) is 10.2. The first-order chi connectivity index (χ1) is 13.2. The first-order valence-corrected chi connectivity index (χ1v) is 12.1. The van der Waals surface area contributed by atoms with E-state index < -0.39 is 22.1 Å². The van der Waals surface area contributed by atoms with Crippen molar-refractivity contribution in [3.8, 4) is 0 Å². The van der Waals surface area contributed by atoms with Gasteiger partial charge in [-0.3, -0.25) is 9.11 Å². The molecule has 4 aliphatic carbocycles. The Morgan fingerprint density at radius 2 is 1.66 bits per heavy atom. The van der Waals surface area contributed by atoms with Crippen molar-refractivity contribution in [1.29, 1.82) is 0 Å². The van der Waals surface area contributed by atoms with Gasteiger partial charge in [0.2, 0.25) is 0 Å². The van der Waals surface area contributed by atoms with E-state index in [1.165, 1.54) is 5.57 Å². The molecular weight excluding hydrogens is 396 g/mol. The van der Waals surface area contributed by atoms with E-state index in [0.29, 0.717) is 17.8 Å². The minimum atomic E-state index is -4.67. The Kier molecular flexibility index (Phi) is 6.04. The van der Waals surface area contributed by atoms with E-state index >= 15 is 0 Å². The molecule has 0 aromatic rings. The van der Waals surface area contributed by atoms with Crippen molar-refractivity contribution < 1.29 is 32.8 Å². The highest BCUT2D eigenvalue weighted by atomic mass is 32.3. The third-order valence-electron chi connectivity index (χ3n) is 8.98. The molecule has 29 heavy (non-hydrogen) atoms. The Morgan fingerprint density at radius 1 is 1.07 bits per heavy atom. The van der Waals surface area contributed by atoms with Crippen LogP contribution in [-0.2, 0) is 10.4 Å². The summed E-state index contributed by atoms with van der Waals surface area (Å²) >= 11 is 0. The molecule has 0 spiro atoms. The van der Waals surface area contributed by atoms with E-state index in [0.717, 1.165) is 51.4 Å². The molecular formula is C21H36O7S. The van der Waals surface area contributed by atoms with Crippen LogP contribution in [-0.4, -0.2) is 50.7 Å². The maximum atomic E-state index is 11.2. The van der Waals surface area contributed by atoms with Gasteiger partial charge >= 0.3 is 10.4 Å². The van der Waals surface area contributed by atoms with Gasteiger partial charge in [-0.1, -0.05) is 25.5 Å². The Morgan fingerprint density at radius 3 is 2.24 bits per heavy atom. The number of aliphatic hydroxyl groups is 3. The molecule has 0 heterocycles. The molecule has 0 bridgehead atoms. The van der Waals surface area contributed by atoms with E-state index in [1.54, 1.807) is 6.92 Å². The predicted molar refractivity (Wildman–Crippen MR) is 109 cm³/mol. The van der Waals surface area contributed by atoms with Gasteiger partial charge in [-0.15, -0.1) is 0 Å². The smallest absolute Gasteiger partial charge is 0.393 e. The van der Waals surface area contributed by atoms with E-state index in [9.17, 15) is 15.3 Å². The molecule has 4 rings (SSSR count). The van der Waals surface area contributed by atoms with Crippen molar-refractivity contribution in [1.82, 2.24) is 0 Å². The zero-order valence-electron chi connectivity index (χ0n) is 17.6. The Hall–Kier alpha value is -0.510. The van der Waals surface area contributed by atoms with Gasteiger partial charge in [0.05, 0.1) is 17.8 Å². The highest BCUT2D eigenvalue weighted by molar-refractivity contribution is 7.79. The number of allylic oxidation sites excluding steroid dienone is 1. The van der Waals surface area contributed by atoms with Gasteiger partial charge < -0.3 is 15.3 Å². The van der Waals surface area contributed by atoms with Crippen LogP contribution in [0.3, 0.4) is 0 Å². The molecule has 3 saturated carbocycles. The van der Waals surface area contributed by atoms with Crippen LogP contribution in [0.4, 0.5) is 0 Å². The SMILES string of the molecule is C[C@H](O)[C@@]1(O)CC[C@H]2[C@@H]3CC=C4C[C@@H](O)CC[C@]4(C)[C@H]3CC[C@@]21C.O=S(=O)(O)O. The lowest BCUT2D eigenvalue weighted by molar-refractivity contribution is -0.170. The fraction of sp³-hybridized carbons (Fsp3) is 0.905. The molecule has 0 aromatic heterocycles. The fourth-order valence-corrected chi connectivity index (χ4v) is 7.38. The summed E-state index contributed by atoms with van der Waals surface area (Å²) in [5.74, 6) is 1.82. The van der Waals surface area contributed by atoms with Crippen LogP contribution in [0.2, 0.25) is 0 Å². The molecule has 8 heteroatoms. The van der Waals surface area contributed by atoms with Gasteiger partial charge in [-0.25, -0.2) is 0 Å². The molecule has 8 atom stereocenters. The Balaban J connectivity index is 0.000000431. The molecule has 5 N–H and O–H groups in total. The molecule has 0 amide bonds. The largest absolute Gasteiger partial charge is 0.394 e. The maximum absolute atomic E-state index is 11.2. The van der Waals surface area contributed by atoms with Gasteiger partial charge in [-0.05, 0) is 81.5 Å². The topological polar surface area (TPSA) is 135 Å². The minimum absolute atomic E-state index is 0.151. The number of aliphatic hydroxyl groups excluding tert-OH is 2. The quantitative estimate of drug-likeness (QED) is 0.317. The first kappa shape index (κ1) is 23.2. The standard InChI is InChI=1S/C21H34O3.H2O4S/c1-13(22)21(24)11-8-18-16-5-4-14-12-15(23)6-9-19(14,2)17(16)7-10-20(18,21)3;1-5(2,3)4/h4,13,15-18,22-24H,5-12H2,1-3H3;(H2,1,2,3,4)/t13-,15-,16+,17-,18-,19-,20-,21-;/m0./s1. The van der Waals surface area contributed by atoms with Gasteiger partial charge in [-0.2, -0.15) is 8.42 Å². The molecule has 0 unspecified atom stereocenters. The number of rotatable bonds is 1. The second-order valence-corrected chi connectivity index (χ2v) is 11.1. The molecule has 0 aromatic carbocycles. The molecule has 168 valence electrons. The number of hydrogen-bond donors (Lipinski definition) is 5.